The molecule has 0 spiro atoms. The zero-order valence-corrected chi connectivity index (χ0v) is 18.9. The lowest BCUT2D eigenvalue weighted by atomic mass is 10.1. The molecule has 4 rings (SSSR count). The van der Waals surface area contributed by atoms with Gasteiger partial charge in [0.15, 0.2) is 10.2 Å². The molecule has 1 aromatic heterocycles. The van der Waals surface area contributed by atoms with Crippen LogP contribution in [0.15, 0.2) is 59.7 Å². The second-order valence-electron chi connectivity index (χ2n) is 7.04. The van der Waals surface area contributed by atoms with Gasteiger partial charge >= 0.3 is 6.18 Å². The van der Waals surface area contributed by atoms with Crippen molar-refractivity contribution in [2.24, 2.45) is 5.10 Å². The second kappa shape index (κ2) is 10.3. The number of para-hydroxylation sites is 1. The molecule has 2 heterocycles. The zero-order valence-electron chi connectivity index (χ0n) is 17.3. The fourth-order valence-corrected chi connectivity index (χ4v) is 4.41. The summed E-state index contributed by atoms with van der Waals surface area (Å²) in [5, 5.41) is 7.51. The van der Waals surface area contributed by atoms with E-state index in [2.05, 4.69) is 20.7 Å². The van der Waals surface area contributed by atoms with E-state index in [1.807, 2.05) is 30.3 Å². The van der Waals surface area contributed by atoms with Gasteiger partial charge in [-0.05, 0) is 24.4 Å². The number of nitrogens with one attached hydrogen (secondary N) is 2. The third-order valence-electron chi connectivity index (χ3n) is 4.80. The number of rotatable bonds is 5. The minimum Gasteiger partial charge on any atom is -0.378 e. The van der Waals surface area contributed by atoms with Crippen molar-refractivity contribution in [3.8, 4) is 11.3 Å². The molecule has 1 aliphatic heterocycles. The minimum atomic E-state index is -4.49. The summed E-state index contributed by atoms with van der Waals surface area (Å²) in [6.07, 6.45) is -2.92. The van der Waals surface area contributed by atoms with Crippen LogP contribution in [0.4, 0.5) is 24.0 Å². The largest absolute Gasteiger partial charge is 0.418 e. The van der Waals surface area contributed by atoms with Crippen molar-refractivity contribution in [1.29, 1.82) is 0 Å². The normalized spacial score (nSPS) is 14.5. The number of morpholine rings is 1. The standard InChI is InChI=1S/C22H20F3N5OS2/c23-22(24,25)16-8-4-5-9-17(16)27-20(32)29-26-14-18-19(15-6-2-1-3-7-15)28-21(33-18)30-10-12-31-13-11-30/h1-9,14H,10-13H2,(H2,27,29,32)/b26-14+. The summed E-state index contributed by atoms with van der Waals surface area (Å²) < 4.78 is 45.0. The Morgan fingerprint density at radius 2 is 1.79 bits per heavy atom. The van der Waals surface area contributed by atoms with Crippen LogP contribution >= 0.6 is 23.6 Å². The SMILES string of the molecule is FC(F)(F)c1ccccc1NC(=S)N/N=C/c1sc(N2CCOCC2)nc1-c1ccccc1. The number of ether oxygens (including phenoxy) is 1. The van der Waals surface area contributed by atoms with Gasteiger partial charge in [-0.3, -0.25) is 5.43 Å². The van der Waals surface area contributed by atoms with E-state index >= 15 is 0 Å². The second-order valence-corrected chi connectivity index (χ2v) is 8.46. The van der Waals surface area contributed by atoms with Gasteiger partial charge in [-0.1, -0.05) is 53.8 Å². The lowest BCUT2D eigenvalue weighted by Gasteiger charge is -2.26. The molecule has 1 aliphatic rings. The van der Waals surface area contributed by atoms with Crippen LogP contribution in [0.25, 0.3) is 11.3 Å². The number of thiazole rings is 1. The monoisotopic (exact) mass is 491 g/mol. The maximum Gasteiger partial charge on any atom is 0.418 e. The molecule has 11 heteroatoms. The molecule has 0 radical (unpaired) electrons. The predicted molar refractivity (Wildman–Crippen MR) is 129 cm³/mol. The summed E-state index contributed by atoms with van der Waals surface area (Å²) in [5.74, 6) is 0. The third-order valence-corrected chi connectivity index (χ3v) is 6.04. The summed E-state index contributed by atoms with van der Waals surface area (Å²) in [4.78, 5) is 7.76. The number of hydrazone groups is 1. The number of hydrogen-bond donors (Lipinski definition) is 2. The van der Waals surface area contributed by atoms with Gasteiger partial charge in [0, 0.05) is 18.7 Å². The molecule has 1 saturated heterocycles. The fourth-order valence-electron chi connectivity index (χ4n) is 3.24. The Labute approximate surface area is 198 Å². The first-order valence-corrected chi connectivity index (χ1v) is 11.3. The van der Waals surface area contributed by atoms with E-state index in [4.69, 9.17) is 21.9 Å². The van der Waals surface area contributed by atoms with Crippen LogP contribution in [0.5, 0.6) is 0 Å². The molecule has 0 amide bonds. The first-order valence-electron chi connectivity index (χ1n) is 10.1. The molecule has 0 bridgehead atoms. The van der Waals surface area contributed by atoms with E-state index in [0.717, 1.165) is 40.4 Å². The van der Waals surface area contributed by atoms with Crippen molar-refractivity contribution in [2.45, 2.75) is 6.18 Å². The molecule has 0 aliphatic carbocycles. The number of nitrogens with zero attached hydrogens (tertiary/aromatic N) is 3. The number of alkyl halides is 3. The number of thiocarbonyl (C=S) groups is 1. The van der Waals surface area contributed by atoms with Crippen molar-refractivity contribution in [1.82, 2.24) is 10.4 Å². The summed E-state index contributed by atoms with van der Waals surface area (Å²) in [6.45, 7) is 2.79. The number of aromatic nitrogens is 1. The van der Waals surface area contributed by atoms with Crippen molar-refractivity contribution in [2.75, 3.05) is 36.5 Å². The third kappa shape index (κ3) is 5.86. The highest BCUT2D eigenvalue weighted by atomic mass is 32.1. The van der Waals surface area contributed by atoms with E-state index in [0.29, 0.717) is 13.2 Å². The number of hydrogen-bond acceptors (Lipinski definition) is 6. The average molecular weight is 492 g/mol. The number of anilines is 2. The molecule has 0 atom stereocenters. The van der Waals surface area contributed by atoms with Crippen molar-refractivity contribution in [3.63, 3.8) is 0 Å². The molecule has 3 aromatic rings. The van der Waals surface area contributed by atoms with Gasteiger partial charge < -0.3 is 15.0 Å². The first-order chi connectivity index (χ1) is 15.9. The maximum absolute atomic E-state index is 13.2. The Balaban J connectivity index is 1.51. The Bertz CT molecular complexity index is 1130. The van der Waals surface area contributed by atoms with Gasteiger partial charge in [-0.25, -0.2) is 4.98 Å². The topological polar surface area (TPSA) is 61.8 Å². The molecule has 33 heavy (non-hydrogen) atoms. The summed E-state index contributed by atoms with van der Waals surface area (Å²) in [5.41, 5.74) is 3.36. The van der Waals surface area contributed by atoms with Crippen molar-refractivity contribution >= 4 is 45.7 Å². The highest BCUT2D eigenvalue weighted by molar-refractivity contribution is 7.80. The van der Waals surface area contributed by atoms with Crippen LogP contribution in [-0.4, -0.2) is 42.6 Å². The van der Waals surface area contributed by atoms with Crippen molar-refractivity contribution < 1.29 is 17.9 Å². The van der Waals surface area contributed by atoms with Crippen LogP contribution in [0.2, 0.25) is 0 Å². The van der Waals surface area contributed by atoms with Gasteiger partial charge in [-0.2, -0.15) is 18.3 Å². The Morgan fingerprint density at radius 1 is 1.09 bits per heavy atom. The number of benzene rings is 2. The number of halogens is 3. The fraction of sp³-hybridized carbons (Fsp3) is 0.227. The van der Waals surface area contributed by atoms with Crippen LogP contribution < -0.4 is 15.6 Å². The quantitative estimate of drug-likeness (QED) is 0.298. The van der Waals surface area contributed by atoms with Gasteiger partial charge in [0.25, 0.3) is 0 Å². The van der Waals surface area contributed by atoms with Gasteiger partial charge in [-0.15, -0.1) is 0 Å². The van der Waals surface area contributed by atoms with Gasteiger partial charge in [0.05, 0.1) is 41.3 Å². The van der Waals surface area contributed by atoms with Crippen molar-refractivity contribution in [3.05, 3.63) is 65.0 Å². The van der Waals surface area contributed by atoms with Crippen LogP contribution in [-0.2, 0) is 10.9 Å². The van der Waals surface area contributed by atoms with E-state index in [1.54, 1.807) is 6.21 Å². The Morgan fingerprint density at radius 3 is 2.52 bits per heavy atom. The first kappa shape index (κ1) is 23.1. The van der Waals surface area contributed by atoms with Gasteiger partial charge in [0.1, 0.15) is 0 Å². The molecular formula is C22H20F3N5OS2. The molecule has 2 N–H and O–H groups in total. The predicted octanol–water partition coefficient (Wildman–Crippen LogP) is 4.99. The molecule has 1 fully saturated rings. The van der Waals surface area contributed by atoms with E-state index in [-0.39, 0.29) is 10.8 Å². The molecular weight excluding hydrogens is 471 g/mol. The minimum absolute atomic E-state index is 0.0536. The smallest absolute Gasteiger partial charge is 0.378 e. The zero-order chi connectivity index (χ0) is 23.3. The summed E-state index contributed by atoms with van der Waals surface area (Å²) >= 11 is 6.61. The Kier molecular flexibility index (Phi) is 7.21. The lowest BCUT2D eigenvalue weighted by Crippen LogP contribution is -2.36. The molecule has 2 aromatic carbocycles. The maximum atomic E-state index is 13.2. The highest BCUT2D eigenvalue weighted by Crippen LogP contribution is 2.35. The van der Waals surface area contributed by atoms with Crippen LogP contribution in [0.1, 0.15) is 10.4 Å². The summed E-state index contributed by atoms with van der Waals surface area (Å²) in [6, 6.07) is 14.8. The summed E-state index contributed by atoms with van der Waals surface area (Å²) in [7, 11) is 0. The van der Waals surface area contributed by atoms with E-state index in [1.165, 1.54) is 29.5 Å². The molecule has 6 nitrogen and oxygen atoms in total. The highest BCUT2D eigenvalue weighted by Gasteiger charge is 2.33. The van der Waals surface area contributed by atoms with Gasteiger partial charge in [0.2, 0.25) is 0 Å². The molecule has 0 unspecified atom stereocenters. The molecule has 0 saturated carbocycles. The van der Waals surface area contributed by atoms with E-state index < -0.39 is 11.7 Å². The lowest BCUT2D eigenvalue weighted by molar-refractivity contribution is -0.136. The van der Waals surface area contributed by atoms with E-state index in [9.17, 15) is 13.2 Å². The Hall–Kier alpha value is -3.02. The molecule has 172 valence electrons. The van der Waals surface area contributed by atoms with Crippen LogP contribution in [0, 0.1) is 0 Å². The van der Waals surface area contributed by atoms with Crippen LogP contribution in [0.3, 0.4) is 0 Å². The average Bonchev–Trinajstić information content (AvgIpc) is 3.24.